The average molecular weight is 349 g/mol. The van der Waals surface area contributed by atoms with Crippen LogP contribution in [0.5, 0.6) is 5.75 Å². The zero-order chi connectivity index (χ0) is 18.3. The molecule has 1 unspecified atom stereocenters. The second-order valence-electron chi connectivity index (χ2n) is 7.16. The van der Waals surface area contributed by atoms with Crippen LogP contribution < -0.4 is 10.1 Å². The van der Waals surface area contributed by atoms with Gasteiger partial charge in [0.05, 0.1) is 6.10 Å². The molecule has 1 N–H and O–H groups in total. The number of hydrogen-bond acceptors (Lipinski definition) is 5. The molecular formula is C19H27NO5. The zero-order valence-electron chi connectivity index (χ0n) is 15.2. The standard InChI is InChI=1S/C19H27NO5/c1-19(2,3)14-6-8-15(9-7-14)24-13-18(22)25-12-17(21)20-11-16-5-4-10-23-16/h6-9,16H,4-5,10-13H2,1-3H3,(H,20,21). The molecule has 0 bridgehead atoms. The maximum atomic E-state index is 11.7. The summed E-state index contributed by atoms with van der Waals surface area (Å²) in [7, 11) is 0. The van der Waals surface area contributed by atoms with E-state index in [0.29, 0.717) is 12.3 Å². The molecule has 1 aliphatic rings. The largest absolute Gasteiger partial charge is 0.482 e. The third-order valence-electron chi connectivity index (χ3n) is 3.99. The lowest BCUT2D eigenvalue weighted by Crippen LogP contribution is -2.35. The molecule has 2 rings (SSSR count). The molecule has 138 valence electrons. The Kier molecular flexibility index (Phi) is 6.82. The third-order valence-corrected chi connectivity index (χ3v) is 3.99. The summed E-state index contributed by atoms with van der Waals surface area (Å²) in [4.78, 5) is 23.3. The second kappa shape index (κ2) is 8.85. The number of esters is 1. The lowest BCUT2D eigenvalue weighted by Gasteiger charge is -2.19. The fourth-order valence-electron chi connectivity index (χ4n) is 2.47. The summed E-state index contributed by atoms with van der Waals surface area (Å²) in [6, 6.07) is 7.59. The van der Waals surface area contributed by atoms with Crippen LogP contribution in [0.4, 0.5) is 0 Å². The molecule has 1 aromatic carbocycles. The number of benzene rings is 1. The van der Waals surface area contributed by atoms with Crippen LogP contribution in [0, 0.1) is 0 Å². The Bertz CT molecular complexity index is 570. The van der Waals surface area contributed by atoms with Crippen LogP contribution in [0.1, 0.15) is 39.2 Å². The highest BCUT2D eigenvalue weighted by molar-refractivity contribution is 5.80. The monoisotopic (exact) mass is 349 g/mol. The molecule has 0 aromatic heterocycles. The third kappa shape index (κ3) is 6.74. The van der Waals surface area contributed by atoms with Crippen molar-refractivity contribution in [2.75, 3.05) is 26.4 Å². The Balaban J connectivity index is 1.63. The van der Waals surface area contributed by atoms with Crippen LogP contribution in [0.15, 0.2) is 24.3 Å². The number of amides is 1. The van der Waals surface area contributed by atoms with Crippen LogP contribution in [-0.4, -0.2) is 44.3 Å². The molecule has 25 heavy (non-hydrogen) atoms. The summed E-state index contributed by atoms with van der Waals surface area (Å²) < 4.78 is 15.7. The van der Waals surface area contributed by atoms with Gasteiger partial charge >= 0.3 is 5.97 Å². The van der Waals surface area contributed by atoms with Crippen LogP contribution in [-0.2, 0) is 24.5 Å². The maximum Gasteiger partial charge on any atom is 0.344 e. The van der Waals surface area contributed by atoms with Gasteiger partial charge in [-0.15, -0.1) is 0 Å². The predicted octanol–water partition coefficient (Wildman–Crippen LogP) is 2.20. The lowest BCUT2D eigenvalue weighted by molar-refractivity contribution is -0.150. The van der Waals surface area contributed by atoms with Crippen molar-refractivity contribution in [2.24, 2.45) is 0 Å². The quantitative estimate of drug-likeness (QED) is 0.764. The molecule has 1 heterocycles. The summed E-state index contributed by atoms with van der Waals surface area (Å²) in [5, 5.41) is 2.69. The minimum absolute atomic E-state index is 0.0638. The molecule has 1 saturated heterocycles. The Morgan fingerprint density at radius 3 is 2.52 bits per heavy atom. The summed E-state index contributed by atoms with van der Waals surface area (Å²) in [6.45, 7) is 7.04. The Morgan fingerprint density at radius 2 is 1.92 bits per heavy atom. The van der Waals surface area contributed by atoms with Gasteiger partial charge in [0.25, 0.3) is 5.91 Å². The highest BCUT2D eigenvalue weighted by atomic mass is 16.6. The summed E-state index contributed by atoms with van der Waals surface area (Å²) in [5.41, 5.74) is 1.25. The van der Waals surface area contributed by atoms with Gasteiger partial charge in [0, 0.05) is 13.2 Å². The van der Waals surface area contributed by atoms with Crippen LogP contribution in [0.3, 0.4) is 0 Å². The van der Waals surface area contributed by atoms with Gasteiger partial charge in [-0.3, -0.25) is 4.79 Å². The van der Waals surface area contributed by atoms with Crippen molar-refractivity contribution in [3.63, 3.8) is 0 Å². The average Bonchev–Trinajstić information content (AvgIpc) is 3.09. The van der Waals surface area contributed by atoms with Gasteiger partial charge in [-0.25, -0.2) is 4.79 Å². The van der Waals surface area contributed by atoms with Crippen molar-refractivity contribution < 1.29 is 23.8 Å². The first-order chi connectivity index (χ1) is 11.8. The SMILES string of the molecule is CC(C)(C)c1ccc(OCC(=O)OCC(=O)NCC2CCCO2)cc1. The van der Waals surface area contributed by atoms with Crippen molar-refractivity contribution in [1.82, 2.24) is 5.32 Å². The molecule has 1 aliphatic heterocycles. The number of carbonyl (C=O) groups excluding carboxylic acids is 2. The number of hydrogen-bond donors (Lipinski definition) is 1. The van der Waals surface area contributed by atoms with E-state index in [9.17, 15) is 9.59 Å². The first-order valence-electron chi connectivity index (χ1n) is 8.62. The molecule has 0 spiro atoms. The first-order valence-corrected chi connectivity index (χ1v) is 8.62. The zero-order valence-corrected chi connectivity index (χ0v) is 15.2. The Labute approximate surface area is 148 Å². The van der Waals surface area contributed by atoms with E-state index < -0.39 is 5.97 Å². The van der Waals surface area contributed by atoms with Crippen LogP contribution in [0.2, 0.25) is 0 Å². The van der Waals surface area contributed by atoms with Gasteiger partial charge < -0.3 is 19.5 Å². The fraction of sp³-hybridized carbons (Fsp3) is 0.579. The number of carbonyl (C=O) groups is 2. The highest BCUT2D eigenvalue weighted by Gasteiger charge is 2.17. The van der Waals surface area contributed by atoms with Crippen molar-refractivity contribution in [3.8, 4) is 5.75 Å². The highest BCUT2D eigenvalue weighted by Crippen LogP contribution is 2.24. The van der Waals surface area contributed by atoms with E-state index in [1.54, 1.807) is 0 Å². The van der Waals surface area contributed by atoms with Gasteiger partial charge in [0.2, 0.25) is 0 Å². The minimum atomic E-state index is -0.577. The molecule has 0 saturated carbocycles. The van der Waals surface area contributed by atoms with Gasteiger partial charge in [-0.05, 0) is 36.0 Å². The van der Waals surface area contributed by atoms with E-state index in [2.05, 4.69) is 26.1 Å². The van der Waals surface area contributed by atoms with Crippen molar-refractivity contribution in [1.29, 1.82) is 0 Å². The fourth-order valence-corrected chi connectivity index (χ4v) is 2.47. The van der Waals surface area contributed by atoms with E-state index in [4.69, 9.17) is 14.2 Å². The number of nitrogens with one attached hydrogen (secondary N) is 1. The van der Waals surface area contributed by atoms with Gasteiger partial charge in [0.15, 0.2) is 13.2 Å². The Morgan fingerprint density at radius 1 is 1.20 bits per heavy atom. The number of rotatable bonds is 7. The van der Waals surface area contributed by atoms with E-state index in [0.717, 1.165) is 19.4 Å². The second-order valence-corrected chi connectivity index (χ2v) is 7.16. The lowest BCUT2D eigenvalue weighted by atomic mass is 9.87. The van der Waals surface area contributed by atoms with E-state index in [1.165, 1.54) is 5.56 Å². The van der Waals surface area contributed by atoms with Crippen LogP contribution in [0.25, 0.3) is 0 Å². The molecule has 6 heteroatoms. The van der Waals surface area contributed by atoms with Crippen molar-refractivity contribution in [3.05, 3.63) is 29.8 Å². The first kappa shape index (κ1) is 19.2. The van der Waals surface area contributed by atoms with Crippen LogP contribution >= 0.6 is 0 Å². The summed E-state index contributed by atoms with van der Waals surface area (Å²) in [6.07, 6.45) is 2.03. The predicted molar refractivity (Wildman–Crippen MR) is 93.6 cm³/mol. The molecule has 1 amide bonds. The Hall–Kier alpha value is -2.08. The van der Waals surface area contributed by atoms with E-state index in [1.807, 2.05) is 24.3 Å². The molecule has 6 nitrogen and oxygen atoms in total. The summed E-state index contributed by atoms with van der Waals surface area (Å²) in [5.74, 6) is -0.321. The molecular weight excluding hydrogens is 322 g/mol. The normalized spacial score (nSPS) is 17.2. The molecule has 1 aromatic rings. The molecule has 1 fully saturated rings. The topological polar surface area (TPSA) is 73.9 Å². The minimum Gasteiger partial charge on any atom is -0.482 e. The van der Waals surface area contributed by atoms with Gasteiger partial charge in [-0.1, -0.05) is 32.9 Å². The molecule has 1 atom stereocenters. The van der Waals surface area contributed by atoms with Gasteiger partial charge in [0.1, 0.15) is 5.75 Å². The number of ether oxygens (including phenoxy) is 3. The maximum absolute atomic E-state index is 11.7. The smallest absolute Gasteiger partial charge is 0.344 e. The molecule has 0 radical (unpaired) electrons. The summed E-state index contributed by atoms with van der Waals surface area (Å²) >= 11 is 0. The van der Waals surface area contributed by atoms with Gasteiger partial charge in [-0.2, -0.15) is 0 Å². The molecule has 0 aliphatic carbocycles. The van der Waals surface area contributed by atoms with Crippen molar-refractivity contribution in [2.45, 2.75) is 45.1 Å². The van der Waals surface area contributed by atoms with Crippen molar-refractivity contribution >= 4 is 11.9 Å². The van der Waals surface area contributed by atoms with E-state index >= 15 is 0 Å². The van der Waals surface area contributed by atoms with E-state index in [-0.39, 0.29) is 30.6 Å².